The van der Waals surface area contributed by atoms with Crippen LogP contribution in [0.4, 0.5) is 0 Å². The molecule has 1 aromatic carbocycles. The molecule has 0 spiro atoms. The van der Waals surface area contributed by atoms with Crippen molar-refractivity contribution >= 4 is 32.3 Å². The van der Waals surface area contributed by atoms with Crippen LogP contribution in [0.15, 0.2) is 29.2 Å². The van der Waals surface area contributed by atoms with Gasteiger partial charge >= 0.3 is 11.9 Å². The van der Waals surface area contributed by atoms with Crippen molar-refractivity contribution in [3.63, 3.8) is 0 Å². The molecule has 5 unspecified atom stereocenters. The van der Waals surface area contributed by atoms with Crippen LogP contribution >= 0.6 is 20.3 Å². The van der Waals surface area contributed by atoms with Crippen molar-refractivity contribution < 1.29 is 23.8 Å². The van der Waals surface area contributed by atoms with E-state index in [1.54, 1.807) is 18.2 Å². The predicted molar refractivity (Wildman–Crippen MR) is 94.2 cm³/mol. The molecule has 2 N–H and O–H groups in total. The Balaban J connectivity index is 2.09. The van der Waals surface area contributed by atoms with E-state index in [1.807, 2.05) is 6.07 Å². The van der Waals surface area contributed by atoms with Gasteiger partial charge in [-0.2, -0.15) is 5.26 Å². The minimum atomic E-state index is -0.669. The summed E-state index contributed by atoms with van der Waals surface area (Å²) in [5.41, 5.74) is 6.73. The van der Waals surface area contributed by atoms with Crippen molar-refractivity contribution in [3.05, 3.63) is 29.8 Å². The van der Waals surface area contributed by atoms with Gasteiger partial charge < -0.3 is 19.9 Å². The van der Waals surface area contributed by atoms with E-state index in [0.717, 1.165) is 4.90 Å². The van der Waals surface area contributed by atoms with Crippen LogP contribution in [-0.4, -0.2) is 41.7 Å². The normalized spacial score (nSPS) is 26.6. The number of hydrogen-bond donors (Lipinski definition) is 1. The predicted octanol–water partition coefficient (Wildman–Crippen LogP) is 1.79. The fourth-order valence-electron chi connectivity index (χ4n) is 2.26. The van der Waals surface area contributed by atoms with E-state index in [-0.39, 0.29) is 20.4 Å². The molecule has 1 aromatic rings. The van der Waals surface area contributed by atoms with Crippen LogP contribution in [0.25, 0.3) is 0 Å². The van der Waals surface area contributed by atoms with Gasteiger partial charge in [0, 0.05) is 18.7 Å². The highest BCUT2D eigenvalue weighted by Gasteiger charge is 2.40. The Bertz CT molecular complexity index is 681. The molecule has 1 saturated heterocycles. The van der Waals surface area contributed by atoms with Crippen LogP contribution in [-0.2, 0) is 23.8 Å². The van der Waals surface area contributed by atoms with Crippen molar-refractivity contribution in [3.8, 4) is 6.07 Å². The summed E-state index contributed by atoms with van der Waals surface area (Å²) >= 11 is 1.43. The lowest BCUT2D eigenvalue weighted by atomic mass is 10.2. The van der Waals surface area contributed by atoms with Gasteiger partial charge in [-0.05, 0) is 18.2 Å². The third kappa shape index (κ3) is 5.98. The van der Waals surface area contributed by atoms with Gasteiger partial charge in [0.2, 0.25) is 0 Å². The third-order valence-electron chi connectivity index (χ3n) is 3.31. The average Bonchev–Trinajstić information content (AvgIpc) is 2.55. The summed E-state index contributed by atoms with van der Waals surface area (Å²) in [6.07, 6.45) is -1.31. The SMILES string of the molecule is CC(=O)OCC1OC(Sc2cccc(C#N)c2)PC(N)C1OC(C)=O. The first-order valence-electron chi connectivity index (χ1n) is 7.53. The van der Waals surface area contributed by atoms with Crippen LogP contribution < -0.4 is 5.73 Å². The van der Waals surface area contributed by atoms with Crippen LogP contribution in [0.1, 0.15) is 19.4 Å². The molecule has 2 rings (SSSR count). The zero-order valence-corrected chi connectivity index (χ0v) is 15.6. The molecule has 5 atom stereocenters. The quantitative estimate of drug-likeness (QED) is 0.606. The van der Waals surface area contributed by atoms with Gasteiger partial charge in [-0.3, -0.25) is 9.59 Å². The molecule has 1 aliphatic heterocycles. The molecule has 1 aliphatic rings. The van der Waals surface area contributed by atoms with Crippen LogP contribution in [0.5, 0.6) is 0 Å². The molecule has 0 saturated carbocycles. The summed E-state index contributed by atoms with van der Waals surface area (Å²) in [6.45, 7) is 2.55. The van der Waals surface area contributed by atoms with Crippen molar-refractivity contribution in [1.29, 1.82) is 5.26 Å². The first kappa shape index (κ1) is 19.7. The van der Waals surface area contributed by atoms with Gasteiger partial charge in [0.1, 0.15) is 17.9 Å². The van der Waals surface area contributed by atoms with Gasteiger partial charge in [0.25, 0.3) is 0 Å². The molecule has 1 fully saturated rings. The standard InChI is InChI=1S/C16H19N2O5PS/c1-9(19)21-8-13-14(22-10(2)20)15(18)24-16(23-13)25-12-5-3-4-11(6-12)7-17/h3-6,13-16,24H,8,18H2,1-2H3. The molecule has 7 nitrogen and oxygen atoms in total. The Labute approximate surface area is 152 Å². The van der Waals surface area contributed by atoms with Crippen molar-refractivity contribution in [2.24, 2.45) is 5.73 Å². The number of benzene rings is 1. The highest BCUT2D eigenvalue weighted by molar-refractivity contribution is 8.04. The van der Waals surface area contributed by atoms with Crippen LogP contribution in [0, 0.1) is 11.3 Å². The van der Waals surface area contributed by atoms with E-state index >= 15 is 0 Å². The third-order valence-corrected chi connectivity index (χ3v) is 6.04. The van der Waals surface area contributed by atoms with Gasteiger partial charge in [-0.1, -0.05) is 26.4 Å². The van der Waals surface area contributed by atoms with E-state index in [1.165, 1.54) is 25.6 Å². The number of nitrogens with two attached hydrogens (primary N) is 1. The number of nitrogens with zero attached hydrogens (tertiary/aromatic N) is 1. The lowest BCUT2D eigenvalue weighted by Gasteiger charge is -2.39. The maximum atomic E-state index is 11.3. The Morgan fingerprint density at radius 3 is 2.80 bits per heavy atom. The van der Waals surface area contributed by atoms with Crippen LogP contribution in [0.3, 0.4) is 0 Å². The van der Waals surface area contributed by atoms with Gasteiger partial charge in [0.05, 0.1) is 17.4 Å². The molecule has 0 bridgehead atoms. The summed E-state index contributed by atoms with van der Waals surface area (Å²) in [5.74, 6) is -1.33. The largest absolute Gasteiger partial charge is 0.463 e. The maximum Gasteiger partial charge on any atom is 0.303 e. The number of esters is 2. The van der Waals surface area contributed by atoms with E-state index < -0.39 is 29.9 Å². The minimum Gasteiger partial charge on any atom is -0.463 e. The summed E-state index contributed by atoms with van der Waals surface area (Å²) in [7, 11) is 0.172. The van der Waals surface area contributed by atoms with E-state index in [2.05, 4.69) is 6.07 Å². The summed E-state index contributed by atoms with van der Waals surface area (Å²) in [5, 5.41) is 8.71. The van der Waals surface area contributed by atoms with Gasteiger partial charge in [-0.25, -0.2) is 0 Å². The second kappa shape index (κ2) is 9.16. The van der Waals surface area contributed by atoms with E-state index in [0.29, 0.717) is 5.56 Å². The number of thioether (sulfide) groups is 1. The first-order chi connectivity index (χ1) is 11.9. The molecule has 0 amide bonds. The molecule has 9 heteroatoms. The molecule has 25 heavy (non-hydrogen) atoms. The summed E-state index contributed by atoms with van der Waals surface area (Å²) in [4.78, 5) is 23.3. The lowest BCUT2D eigenvalue weighted by Crippen LogP contribution is -2.51. The second-order valence-electron chi connectivity index (χ2n) is 5.33. The van der Waals surface area contributed by atoms with E-state index in [9.17, 15) is 9.59 Å². The highest BCUT2D eigenvalue weighted by atomic mass is 32.2. The Kier molecular flexibility index (Phi) is 7.21. The fourth-order valence-corrected chi connectivity index (χ4v) is 5.25. The smallest absolute Gasteiger partial charge is 0.303 e. The zero-order valence-electron chi connectivity index (χ0n) is 13.8. The van der Waals surface area contributed by atoms with Crippen molar-refractivity contribution in [2.75, 3.05) is 6.61 Å². The maximum absolute atomic E-state index is 11.3. The number of carbonyl (C=O) groups is 2. The molecule has 0 aliphatic carbocycles. The molecular formula is C16H19N2O5PS. The number of nitriles is 1. The molecule has 0 radical (unpaired) electrons. The summed E-state index contributed by atoms with van der Waals surface area (Å²) < 4.78 is 16.2. The van der Waals surface area contributed by atoms with Gasteiger partial charge in [-0.15, -0.1) is 0 Å². The number of ether oxygens (including phenoxy) is 3. The molecule has 0 aromatic heterocycles. The Morgan fingerprint density at radius 2 is 2.16 bits per heavy atom. The molecular weight excluding hydrogens is 363 g/mol. The van der Waals surface area contributed by atoms with Crippen molar-refractivity contribution in [2.45, 2.75) is 41.9 Å². The molecule has 134 valence electrons. The topological polar surface area (TPSA) is 112 Å². The van der Waals surface area contributed by atoms with Crippen molar-refractivity contribution in [1.82, 2.24) is 0 Å². The minimum absolute atomic E-state index is 0.0409. The molecule has 1 heterocycles. The number of carbonyl (C=O) groups excluding carboxylic acids is 2. The zero-order chi connectivity index (χ0) is 18.4. The Morgan fingerprint density at radius 1 is 1.40 bits per heavy atom. The first-order valence-corrected chi connectivity index (χ1v) is 9.57. The number of rotatable bonds is 5. The number of hydrogen-bond acceptors (Lipinski definition) is 8. The summed E-state index contributed by atoms with van der Waals surface area (Å²) in [6, 6.07) is 9.26. The second-order valence-corrected chi connectivity index (χ2v) is 8.41. The van der Waals surface area contributed by atoms with E-state index in [4.69, 9.17) is 25.2 Å². The van der Waals surface area contributed by atoms with Crippen LogP contribution in [0.2, 0.25) is 0 Å². The fraction of sp³-hybridized carbons (Fsp3) is 0.438. The monoisotopic (exact) mass is 382 g/mol. The lowest BCUT2D eigenvalue weighted by molar-refractivity contribution is -0.163. The Hall–Kier alpha value is -1.65. The average molecular weight is 382 g/mol. The van der Waals surface area contributed by atoms with Gasteiger partial charge in [0.15, 0.2) is 6.10 Å². The highest BCUT2D eigenvalue weighted by Crippen LogP contribution is 2.44.